The maximum atomic E-state index is 11.8. The standard InChI is InChI=1S/C12H18N2O4S/c1-8(2)7-9(13)12(15)14-10-5-3-4-6-11(10)19(16,17)18/h3-6,8-9H,7,13H2,1-2H3,(H,14,15)(H,16,17,18)/p-1/t9-/m0/s1. The summed E-state index contributed by atoms with van der Waals surface area (Å²) < 4.78 is 33.1. The highest BCUT2D eigenvalue weighted by Crippen LogP contribution is 2.20. The van der Waals surface area contributed by atoms with E-state index < -0.39 is 27.0 Å². The van der Waals surface area contributed by atoms with Crippen molar-refractivity contribution in [2.45, 2.75) is 31.2 Å². The Hall–Kier alpha value is -1.44. The summed E-state index contributed by atoms with van der Waals surface area (Å²) in [7, 11) is -4.63. The van der Waals surface area contributed by atoms with E-state index in [1.165, 1.54) is 18.2 Å². The second-order valence-corrected chi connectivity index (χ2v) is 6.02. The molecule has 6 nitrogen and oxygen atoms in total. The van der Waals surface area contributed by atoms with Crippen LogP contribution in [0.3, 0.4) is 0 Å². The number of rotatable bonds is 5. The summed E-state index contributed by atoms with van der Waals surface area (Å²) in [5.74, 6) is -0.274. The molecule has 1 aromatic carbocycles. The molecule has 0 spiro atoms. The molecule has 0 heterocycles. The second-order valence-electron chi connectivity index (χ2n) is 4.68. The number of amides is 1. The SMILES string of the molecule is CC(C)C[C@H](N)C(=O)Nc1ccccc1S(=O)(=O)[O-]. The third-order valence-corrected chi connectivity index (χ3v) is 3.37. The van der Waals surface area contributed by atoms with Crippen LogP contribution in [0.4, 0.5) is 5.69 Å². The van der Waals surface area contributed by atoms with Crippen molar-refractivity contribution in [2.24, 2.45) is 11.7 Å². The van der Waals surface area contributed by atoms with Crippen molar-refractivity contribution in [3.63, 3.8) is 0 Å². The Balaban J connectivity index is 2.92. The van der Waals surface area contributed by atoms with E-state index in [9.17, 15) is 17.8 Å². The first-order valence-corrected chi connectivity index (χ1v) is 7.24. The van der Waals surface area contributed by atoms with Gasteiger partial charge in [0.1, 0.15) is 10.1 Å². The fraction of sp³-hybridized carbons (Fsp3) is 0.417. The minimum Gasteiger partial charge on any atom is -0.744 e. The maximum absolute atomic E-state index is 11.8. The van der Waals surface area contributed by atoms with Gasteiger partial charge in [-0.25, -0.2) is 8.42 Å². The lowest BCUT2D eigenvalue weighted by molar-refractivity contribution is -0.117. The number of carbonyl (C=O) groups is 1. The molecular formula is C12H17N2O4S-. The molecule has 1 aromatic rings. The van der Waals surface area contributed by atoms with E-state index in [1.807, 2.05) is 13.8 Å². The summed E-state index contributed by atoms with van der Waals surface area (Å²) in [6, 6.07) is 4.69. The molecule has 1 atom stereocenters. The van der Waals surface area contributed by atoms with Gasteiger partial charge in [-0.15, -0.1) is 0 Å². The number of anilines is 1. The van der Waals surface area contributed by atoms with Gasteiger partial charge < -0.3 is 15.6 Å². The van der Waals surface area contributed by atoms with Crippen molar-refractivity contribution in [2.75, 3.05) is 5.32 Å². The van der Waals surface area contributed by atoms with Gasteiger partial charge in [0.2, 0.25) is 5.91 Å². The number of nitrogens with two attached hydrogens (primary N) is 1. The number of carbonyl (C=O) groups excluding carboxylic acids is 1. The van der Waals surface area contributed by atoms with E-state index >= 15 is 0 Å². The second kappa shape index (κ2) is 6.14. The molecule has 0 unspecified atom stereocenters. The van der Waals surface area contributed by atoms with E-state index in [0.29, 0.717) is 6.42 Å². The van der Waals surface area contributed by atoms with Gasteiger partial charge in [0.05, 0.1) is 16.6 Å². The average Bonchev–Trinajstić information content (AvgIpc) is 2.27. The monoisotopic (exact) mass is 285 g/mol. The Bertz CT molecular complexity index is 555. The van der Waals surface area contributed by atoms with Gasteiger partial charge in [0.15, 0.2) is 0 Å². The smallest absolute Gasteiger partial charge is 0.241 e. The Kier molecular flexibility index (Phi) is 5.04. The lowest BCUT2D eigenvalue weighted by Crippen LogP contribution is -2.37. The maximum Gasteiger partial charge on any atom is 0.241 e. The van der Waals surface area contributed by atoms with Crippen molar-refractivity contribution < 1.29 is 17.8 Å². The molecule has 0 aliphatic rings. The molecule has 0 saturated heterocycles. The lowest BCUT2D eigenvalue weighted by Gasteiger charge is -2.17. The van der Waals surface area contributed by atoms with Crippen molar-refractivity contribution in [1.29, 1.82) is 0 Å². The summed E-state index contributed by atoms with van der Waals surface area (Å²) in [5.41, 5.74) is 5.65. The molecule has 19 heavy (non-hydrogen) atoms. The number of benzene rings is 1. The van der Waals surface area contributed by atoms with E-state index in [-0.39, 0.29) is 11.6 Å². The Morgan fingerprint density at radius 3 is 2.47 bits per heavy atom. The zero-order valence-electron chi connectivity index (χ0n) is 10.8. The largest absolute Gasteiger partial charge is 0.744 e. The molecule has 0 saturated carbocycles. The first kappa shape index (κ1) is 15.6. The average molecular weight is 285 g/mol. The Morgan fingerprint density at radius 2 is 1.95 bits per heavy atom. The van der Waals surface area contributed by atoms with E-state index in [1.54, 1.807) is 0 Å². The van der Waals surface area contributed by atoms with Crippen molar-refractivity contribution in [3.8, 4) is 0 Å². The van der Waals surface area contributed by atoms with Gasteiger partial charge in [-0.3, -0.25) is 4.79 Å². The summed E-state index contributed by atoms with van der Waals surface area (Å²) in [4.78, 5) is 11.3. The molecule has 0 aliphatic heterocycles. The molecule has 1 amide bonds. The van der Waals surface area contributed by atoms with E-state index in [2.05, 4.69) is 5.32 Å². The van der Waals surface area contributed by atoms with Crippen LogP contribution in [0.1, 0.15) is 20.3 Å². The van der Waals surface area contributed by atoms with Gasteiger partial charge in [-0.2, -0.15) is 0 Å². The molecule has 0 fully saturated rings. The molecule has 0 aromatic heterocycles. The van der Waals surface area contributed by atoms with Crippen LogP contribution in [0, 0.1) is 5.92 Å². The van der Waals surface area contributed by atoms with Crippen LogP contribution in [-0.2, 0) is 14.9 Å². The van der Waals surface area contributed by atoms with Crippen LogP contribution < -0.4 is 11.1 Å². The van der Waals surface area contributed by atoms with Gasteiger partial charge >= 0.3 is 0 Å². The van der Waals surface area contributed by atoms with Crippen LogP contribution in [0.2, 0.25) is 0 Å². The first-order chi connectivity index (χ1) is 8.71. The topological polar surface area (TPSA) is 112 Å². The summed E-state index contributed by atoms with van der Waals surface area (Å²) >= 11 is 0. The van der Waals surface area contributed by atoms with Crippen LogP contribution in [0.5, 0.6) is 0 Å². The third kappa shape index (κ3) is 4.62. The van der Waals surface area contributed by atoms with Crippen LogP contribution in [0.25, 0.3) is 0 Å². The quantitative estimate of drug-likeness (QED) is 0.780. The predicted molar refractivity (Wildman–Crippen MR) is 70.5 cm³/mol. The predicted octanol–water partition coefficient (Wildman–Crippen LogP) is 0.903. The fourth-order valence-electron chi connectivity index (χ4n) is 1.63. The highest BCUT2D eigenvalue weighted by Gasteiger charge is 2.17. The van der Waals surface area contributed by atoms with Gasteiger partial charge in [-0.1, -0.05) is 26.0 Å². The molecule has 106 valence electrons. The number of hydrogen-bond acceptors (Lipinski definition) is 5. The molecule has 3 N–H and O–H groups in total. The van der Waals surface area contributed by atoms with Crippen molar-refractivity contribution in [3.05, 3.63) is 24.3 Å². The van der Waals surface area contributed by atoms with Crippen LogP contribution >= 0.6 is 0 Å². The summed E-state index contributed by atoms with van der Waals surface area (Å²) in [6.45, 7) is 3.84. The third-order valence-electron chi connectivity index (χ3n) is 2.48. The molecular weight excluding hydrogens is 268 g/mol. The molecule has 0 bridgehead atoms. The van der Waals surface area contributed by atoms with Crippen LogP contribution in [0.15, 0.2) is 29.2 Å². The summed E-state index contributed by atoms with van der Waals surface area (Å²) in [6.07, 6.45) is 0.470. The zero-order chi connectivity index (χ0) is 14.6. The van der Waals surface area contributed by atoms with Crippen molar-refractivity contribution in [1.82, 2.24) is 0 Å². The first-order valence-electron chi connectivity index (χ1n) is 5.83. The fourth-order valence-corrected chi connectivity index (χ4v) is 2.26. The van der Waals surface area contributed by atoms with Gasteiger partial charge in [0.25, 0.3) is 0 Å². The minimum absolute atomic E-state index is 0.0401. The normalized spacial score (nSPS) is 13.3. The Labute approximate surface area is 112 Å². The molecule has 7 heteroatoms. The molecule has 0 radical (unpaired) electrons. The highest BCUT2D eigenvalue weighted by atomic mass is 32.2. The van der Waals surface area contributed by atoms with Crippen LogP contribution in [-0.4, -0.2) is 24.9 Å². The Morgan fingerprint density at radius 1 is 1.37 bits per heavy atom. The van der Waals surface area contributed by atoms with E-state index in [0.717, 1.165) is 6.07 Å². The number of hydrogen-bond donors (Lipinski definition) is 2. The van der Waals surface area contributed by atoms with E-state index in [4.69, 9.17) is 5.73 Å². The summed E-state index contributed by atoms with van der Waals surface area (Å²) in [5, 5.41) is 2.38. The lowest BCUT2D eigenvalue weighted by atomic mass is 10.0. The van der Waals surface area contributed by atoms with Crippen molar-refractivity contribution >= 4 is 21.7 Å². The molecule has 1 rings (SSSR count). The highest BCUT2D eigenvalue weighted by molar-refractivity contribution is 7.86. The number of nitrogens with one attached hydrogen (secondary N) is 1. The van der Waals surface area contributed by atoms with Gasteiger partial charge in [0, 0.05) is 0 Å². The minimum atomic E-state index is -4.63. The zero-order valence-corrected chi connectivity index (χ0v) is 11.6. The molecule has 0 aliphatic carbocycles. The van der Waals surface area contributed by atoms with Gasteiger partial charge in [-0.05, 0) is 24.5 Å². The number of para-hydroxylation sites is 1.